The lowest BCUT2D eigenvalue weighted by molar-refractivity contribution is -0.122. The summed E-state index contributed by atoms with van der Waals surface area (Å²) in [6.45, 7) is 1.80. The van der Waals surface area contributed by atoms with E-state index in [0.29, 0.717) is 12.5 Å². The molecule has 34 heavy (non-hydrogen) atoms. The second kappa shape index (κ2) is 8.83. The number of urea groups is 1. The molecular weight excluding hydrogens is 428 g/mol. The molecule has 0 unspecified atom stereocenters. The number of hydrogen-bond acceptors (Lipinski definition) is 4. The van der Waals surface area contributed by atoms with Crippen molar-refractivity contribution >= 4 is 11.9 Å². The van der Waals surface area contributed by atoms with Crippen LogP contribution in [0.2, 0.25) is 0 Å². The smallest absolute Gasteiger partial charge is 0.321 e. The standard InChI is InChI=1S/C27H40N4O3/c1-29(2)27(22-9-4-3-5-10-22)15-11-25(12-16-27)20-30(18-23(32)28-19-26(34)13-14-26)24(33)31(25)17-21-7-6-8-21/h3-5,9-10,21,34H,6-8,11-20H2,1-2H3,(H,28,32)/t25-,27-. The number of nitrogens with zero attached hydrogens (tertiary/aromatic N) is 3. The van der Waals surface area contributed by atoms with Crippen LogP contribution >= 0.6 is 0 Å². The van der Waals surface area contributed by atoms with Crippen molar-refractivity contribution in [3.05, 3.63) is 35.9 Å². The highest BCUT2D eigenvalue weighted by Gasteiger charge is 2.55. The van der Waals surface area contributed by atoms with Gasteiger partial charge in [-0.05, 0) is 76.9 Å². The zero-order valence-electron chi connectivity index (χ0n) is 20.8. The minimum Gasteiger partial charge on any atom is -0.388 e. The van der Waals surface area contributed by atoms with Gasteiger partial charge in [-0.15, -0.1) is 0 Å². The minimum absolute atomic E-state index is 0.0178. The van der Waals surface area contributed by atoms with Crippen molar-refractivity contribution in [1.82, 2.24) is 20.0 Å². The molecule has 5 rings (SSSR count). The molecule has 1 aliphatic heterocycles. The normalized spacial score (nSPS) is 30.6. The van der Waals surface area contributed by atoms with E-state index in [9.17, 15) is 14.7 Å². The number of hydrogen-bond donors (Lipinski definition) is 2. The van der Waals surface area contributed by atoms with Crippen LogP contribution in [0.4, 0.5) is 4.79 Å². The van der Waals surface area contributed by atoms with E-state index in [-0.39, 0.29) is 36.1 Å². The van der Waals surface area contributed by atoms with E-state index in [0.717, 1.165) is 45.1 Å². The molecule has 3 amide bonds. The molecule has 0 atom stereocenters. The average molecular weight is 469 g/mol. The second-order valence-corrected chi connectivity index (χ2v) is 11.6. The Morgan fingerprint density at radius 3 is 2.32 bits per heavy atom. The lowest BCUT2D eigenvalue weighted by Gasteiger charge is -2.51. The summed E-state index contributed by atoms with van der Waals surface area (Å²) in [5, 5.41) is 12.9. The van der Waals surface area contributed by atoms with E-state index >= 15 is 0 Å². The van der Waals surface area contributed by atoms with Crippen LogP contribution in [-0.2, 0) is 10.3 Å². The van der Waals surface area contributed by atoms with Crippen LogP contribution in [0.1, 0.15) is 63.4 Å². The molecule has 1 aromatic carbocycles. The fourth-order valence-electron chi connectivity index (χ4n) is 6.32. The highest BCUT2D eigenvalue weighted by Crippen LogP contribution is 2.49. The summed E-state index contributed by atoms with van der Waals surface area (Å²) in [5.74, 6) is 0.422. The first-order valence-corrected chi connectivity index (χ1v) is 13.0. The average Bonchev–Trinajstić information content (AvgIpc) is 3.49. The van der Waals surface area contributed by atoms with E-state index in [2.05, 4.69) is 59.5 Å². The molecule has 4 fully saturated rings. The van der Waals surface area contributed by atoms with E-state index in [1.165, 1.54) is 24.8 Å². The van der Waals surface area contributed by atoms with Gasteiger partial charge in [0, 0.05) is 25.2 Å². The quantitative estimate of drug-likeness (QED) is 0.615. The molecule has 7 nitrogen and oxygen atoms in total. The Morgan fingerprint density at radius 1 is 1.09 bits per heavy atom. The number of carbonyl (C=O) groups is 2. The third kappa shape index (κ3) is 4.33. The van der Waals surface area contributed by atoms with Crippen molar-refractivity contribution < 1.29 is 14.7 Å². The van der Waals surface area contributed by atoms with Gasteiger partial charge in [0.15, 0.2) is 0 Å². The van der Waals surface area contributed by atoms with Crippen LogP contribution in [-0.4, -0.2) is 83.2 Å². The van der Waals surface area contributed by atoms with E-state index in [1.807, 2.05) is 0 Å². The zero-order chi connectivity index (χ0) is 24.0. The monoisotopic (exact) mass is 468 g/mol. The van der Waals surface area contributed by atoms with Crippen molar-refractivity contribution in [3.63, 3.8) is 0 Å². The fourth-order valence-corrected chi connectivity index (χ4v) is 6.32. The first-order valence-electron chi connectivity index (χ1n) is 13.0. The Balaban J connectivity index is 1.32. The van der Waals surface area contributed by atoms with Gasteiger partial charge in [0.2, 0.25) is 5.91 Å². The highest BCUT2D eigenvalue weighted by molar-refractivity contribution is 5.86. The summed E-state index contributed by atoms with van der Waals surface area (Å²) in [6, 6.07) is 10.8. The van der Waals surface area contributed by atoms with Gasteiger partial charge in [-0.1, -0.05) is 36.8 Å². The summed E-state index contributed by atoms with van der Waals surface area (Å²) in [4.78, 5) is 32.5. The molecule has 1 spiro atoms. The molecule has 4 aliphatic rings. The Labute approximate surface area is 203 Å². The van der Waals surface area contributed by atoms with E-state index in [4.69, 9.17) is 0 Å². The van der Waals surface area contributed by atoms with Crippen LogP contribution in [0.3, 0.4) is 0 Å². The van der Waals surface area contributed by atoms with Gasteiger partial charge in [-0.3, -0.25) is 9.69 Å². The lowest BCUT2D eigenvalue weighted by atomic mass is 9.68. The van der Waals surface area contributed by atoms with Crippen molar-refractivity contribution in [2.24, 2.45) is 5.92 Å². The number of amides is 3. The molecule has 3 aliphatic carbocycles. The van der Waals surface area contributed by atoms with Gasteiger partial charge in [0.1, 0.15) is 6.54 Å². The number of rotatable bonds is 8. The Bertz CT molecular complexity index is 902. The number of benzene rings is 1. The molecule has 0 bridgehead atoms. The van der Waals surface area contributed by atoms with Crippen molar-refractivity contribution in [1.29, 1.82) is 0 Å². The summed E-state index contributed by atoms with van der Waals surface area (Å²) in [7, 11) is 4.34. The molecule has 1 aromatic rings. The molecule has 0 aromatic heterocycles. The Morgan fingerprint density at radius 2 is 1.76 bits per heavy atom. The molecule has 186 valence electrons. The zero-order valence-corrected chi connectivity index (χ0v) is 20.8. The van der Waals surface area contributed by atoms with Gasteiger partial charge >= 0.3 is 6.03 Å². The topological polar surface area (TPSA) is 76.1 Å². The first-order chi connectivity index (χ1) is 16.3. The molecular formula is C27H40N4O3. The SMILES string of the molecule is CN(C)[C@]1(c2ccccc2)CC[C@@]2(CC1)CN(CC(=O)NCC1(O)CC1)C(=O)N2CC1CCC1. The van der Waals surface area contributed by atoms with Crippen molar-refractivity contribution in [3.8, 4) is 0 Å². The molecule has 2 N–H and O–H groups in total. The first kappa shape index (κ1) is 23.6. The van der Waals surface area contributed by atoms with E-state index in [1.54, 1.807) is 4.90 Å². The summed E-state index contributed by atoms with van der Waals surface area (Å²) >= 11 is 0. The van der Waals surface area contributed by atoms with Crippen LogP contribution in [0.25, 0.3) is 0 Å². The molecule has 1 saturated heterocycles. The summed E-state index contributed by atoms with van der Waals surface area (Å²) < 4.78 is 0. The summed E-state index contributed by atoms with van der Waals surface area (Å²) in [5.41, 5.74) is 0.398. The van der Waals surface area contributed by atoms with Gasteiger partial charge in [0.25, 0.3) is 0 Å². The summed E-state index contributed by atoms with van der Waals surface area (Å²) in [6.07, 6.45) is 9.00. The highest BCUT2D eigenvalue weighted by atomic mass is 16.3. The molecule has 0 radical (unpaired) electrons. The Hall–Kier alpha value is -2.12. The third-order valence-electron chi connectivity index (χ3n) is 9.18. The van der Waals surface area contributed by atoms with Crippen molar-refractivity contribution in [2.75, 3.05) is 40.3 Å². The van der Waals surface area contributed by atoms with Crippen LogP contribution in [0, 0.1) is 5.92 Å². The van der Waals surface area contributed by atoms with Crippen LogP contribution in [0.5, 0.6) is 0 Å². The molecule has 7 heteroatoms. The van der Waals surface area contributed by atoms with Gasteiger partial charge in [-0.2, -0.15) is 0 Å². The number of carbonyl (C=O) groups excluding carboxylic acids is 2. The maximum absolute atomic E-state index is 13.6. The van der Waals surface area contributed by atoms with E-state index < -0.39 is 5.60 Å². The predicted molar refractivity (Wildman–Crippen MR) is 131 cm³/mol. The maximum Gasteiger partial charge on any atom is 0.321 e. The largest absolute Gasteiger partial charge is 0.388 e. The second-order valence-electron chi connectivity index (χ2n) is 11.6. The van der Waals surface area contributed by atoms with Gasteiger partial charge in [0.05, 0.1) is 11.1 Å². The number of nitrogens with one attached hydrogen (secondary N) is 1. The fraction of sp³-hybridized carbons (Fsp3) is 0.704. The minimum atomic E-state index is -0.724. The van der Waals surface area contributed by atoms with Crippen LogP contribution < -0.4 is 5.32 Å². The van der Waals surface area contributed by atoms with Crippen molar-refractivity contribution in [2.45, 2.75) is 74.5 Å². The maximum atomic E-state index is 13.6. The lowest BCUT2D eigenvalue weighted by Crippen LogP contribution is -2.56. The van der Waals surface area contributed by atoms with Crippen LogP contribution in [0.15, 0.2) is 30.3 Å². The number of aliphatic hydroxyl groups is 1. The van der Waals surface area contributed by atoms with Gasteiger partial charge < -0.3 is 20.2 Å². The van der Waals surface area contributed by atoms with Gasteiger partial charge in [-0.25, -0.2) is 4.79 Å². The molecule has 3 saturated carbocycles. The molecule has 1 heterocycles. The Kier molecular flexibility index (Phi) is 6.13. The predicted octanol–water partition coefficient (Wildman–Crippen LogP) is 2.94. The third-order valence-corrected chi connectivity index (χ3v) is 9.18.